The van der Waals surface area contributed by atoms with Gasteiger partial charge in [-0.1, -0.05) is 0 Å². The van der Waals surface area contributed by atoms with Gasteiger partial charge in [-0.3, -0.25) is 14.4 Å². The van der Waals surface area contributed by atoms with E-state index >= 15 is 4.39 Å². The van der Waals surface area contributed by atoms with E-state index in [1.165, 1.54) is 0 Å². The van der Waals surface area contributed by atoms with Crippen molar-refractivity contribution in [1.82, 2.24) is 15.5 Å². The Kier molecular flexibility index (Phi) is 4.82. The highest BCUT2D eigenvalue weighted by molar-refractivity contribution is 6.27. The highest BCUT2D eigenvalue weighted by Gasteiger charge is 2.41. The van der Waals surface area contributed by atoms with Crippen LogP contribution in [0.3, 0.4) is 0 Å². The lowest BCUT2D eigenvalue weighted by atomic mass is 9.92. The fourth-order valence-electron chi connectivity index (χ4n) is 5.36. The van der Waals surface area contributed by atoms with Crippen LogP contribution in [0.5, 0.6) is 0 Å². The minimum absolute atomic E-state index is 0.130. The maximum atomic E-state index is 15.0. The van der Waals surface area contributed by atoms with Gasteiger partial charge >= 0.3 is 0 Å². The average Bonchev–Trinajstić information content (AvgIpc) is 3.12. The van der Waals surface area contributed by atoms with Gasteiger partial charge in [0.25, 0.3) is 5.91 Å². The van der Waals surface area contributed by atoms with E-state index < -0.39 is 29.4 Å². The molecule has 2 N–H and O–H groups in total. The van der Waals surface area contributed by atoms with Crippen LogP contribution in [0.4, 0.5) is 14.5 Å². The molecular formula is C21H24F2N4O3. The number of hydrogen-bond acceptors (Lipinski definition) is 6. The van der Waals surface area contributed by atoms with Gasteiger partial charge in [-0.05, 0) is 37.3 Å². The maximum absolute atomic E-state index is 15.0. The molecule has 5 aliphatic rings. The van der Waals surface area contributed by atoms with Crippen molar-refractivity contribution >= 4 is 23.7 Å². The van der Waals surface area contributed by atoms with Gasteiger partial charge in [-0.25, -0.2) is 8.78 Å². The van der Waals surface area contributed by atoms with E-state index in [1.54, 1.807) is 11.0 Å². The second-order valence-corrected chi connectivity index (χ2v) is 8.69. The summed E-state index contributed by atoms with van der Waals surface area (Å²) in [4.78, 5) is 38.6. The van der Waals surface area contributed by atoms with Crippen LogP contribution in [0, 0.1) is 11.6 Å². The minimum atomic E-state index is -1.07. The highest BCUT2D eigenvalue weighted by Crippen LogP contribution is 2.37. The number of Topliss-reactive ketones (excluding diaryl/α,β-unsaturated/α-hetero) is 1. The van der Waals surface area contributed by atoms with Crippen molar-refractivity contribution in [3.05, 3.63) is 28.8 Å². The first-order valence-corrected chi connectivity index (χ1v) is 10.5. The molecular weight excluding hydrogens is 394 g/mol. The number of benzene rings is 1. The maximum Gasteiger partial charge on any atom is 0.257 e. The van der Waals surface area contributed by atoms with E-state index in [2.05, 4.69) is 10.6 Å². The summed E-state index contributed by atoms with van der Waals surface area (Å²) in [7, 11) is 0. The Morgan fingerprint density at radius 1 is 1.03 bits per heavy atom. The lowest BCUT2D eigenvalue weighted by Gasteiger charge is -2.47. The van der Waals surface area contributed by atoms with Crippen LogP contribution in [-0.4, -0.2) is 66.7 Å². The molecule has 0 radical (unpaired) electrons. The van der Waals surface area contributed by atoms with E-state index in [1.807, 2.05) is 4.90 Å². The summed E-state index contributed by atoms with van der Waals surface area (Å²) >= 11 is 0. The van der Waals surface area contributed by atoms with Gasteiger partial charge in [0.1, 0.15) is 0 Å². The zero-order chi connectivity index (χ0) is 21.0. The third-order valence-electron chi connectivity index (χ3n) is 7.03. The quantitative estimate of drug-likeness (QED) is 0.555. The van der Waals surface area contributed by atoms with E-state index in [0.717, 1.165) is 19.4 Å². The van der Waals surface area contributed by atoms with Crippen LogP contribution < -0.4 is 15.5 Å². The Morgan fingerprint density at radius 3 is 2.37 bits per heavy atom. The zero-order valence-corrected chi connectivity index (χ0v) is 16.5. The standard InChI is InChI=1S/C21H24F2N4O3/c22-19-16(26-9-12-1-2-13(26)6-24-12)5-11-8-27(21(30)18(11)20(19)23)14-3-4-15(25-7-14)17(29)10-28/h5,10,12-15,24-25H,1-4,6-9H2. The van der Waals surface area contributed by atoms with Gasteiger partial charge in [-0.15, -0.1) is 0 Å². The van der Waals surface area contributed by atoms with Crippen molar-refractivity contribution in [1.29, 1.82) is 0 Å². The van der Waals surface area contributed by atoms with Gasteiger partial charge in [0, 0.05) is 44.3 Å². The number of carbonyl (C=O) groups is 3. The third kappa shape index (κ3) is 3.02. The highest BCUT2D eigenvalue weighted by atomic mass is 19.2. The van der Waals surface area contributed by atoms with Gasteiger partial charge in [0.2, 0.25) is 5.78 Å². The van der Waals surface area contributed by atoms with Crippen molar-refractivity contribution in [3.8, 4) is 0 Å². The second kappa shape index (κ2) is 7.39. The number of carbonyl (C=O) groups excluding carboxylic acids is 3. The summed E-state index contributed by atoms with van der Waals surface area (Å²) in [5.74, 6) is -3.04. The number of nitrogens with one attached hydrogen (secondary N) is 2. The molecule has 6 rings (SSSR count). The number of amides is 1. The molecule has 4 unspecified atom stereocenters. The summed E-state index contributed by atoms with van der Waals surface area (Å²) in [6.07, 6.45) is 3.22. The molecule has 2 bridgehead atoms. The monoisotopic (exact) mass is 418 g/mol. The predicted molar refractivity (Wildman–Crippen MR) is 104 cm³/mol. The summed E-state index contributed by atoms with van der Waals surface area (Å²) in [6.45, 7) is 1.94. The van der Waals surface area contributed by atoms with Crippen LogP contribution >= 0.6 is 0 Å². The zero-order valence-electron chi connectivity index (χ0n) is 16.5. The van der Waals surface area contributed by atoms with Crippen LogP contribution in [-0.2, 0) is 16.1 Å². The Bertz CT molecular complexity index is 908. The van der Waals surface area contributed by atoms with Crippen LogP contribution in [0.25, 0.3) is 0 Å². The van der Waals surface area contributed by atoms with E-state index in [-0.39, 0.29) is 35.9 Å². The molecule has 0 aromatic heterocycles. The van der Waals surface area contributed by atoms with E-state index in [9.17, 15) is 18.8 Å². The first-order valence-electron chi connectivity index (χ1n) is 10.5. The predicted octanol–water partition coefficient (Wildman–Crippen LogP) is 0.750. The van der Waals surface area contributed by atoms with Crippen LogP contribution in [0.2, 0.25) is 0 Å². The van der Waals surface area contributed by atoms with Crippen molar-refractivity contribution in [2.75, 3.05) is 24.5 Å². The van der Waals surface area contributed by atoms with Crippen molar-refractivity contribution in [3.63, 3.8) is 0 Å². The first kappa shape index (κ1) is 19.6. The lowest BCUT2D eigenvalue weighted by Crippen LogP contribution is -2.61. The summed E-state index contributed by atoms with van der Waals surface area (Å²) in [6, 6.07) is 1.27. The number of hydrogen-bond donors (Lipinski definition) is 2. The number of anilines is 1. The van der Waals surface area contributed by atoms with Crippen LogP contribution in [0.15, 0.2) is 6.07 Å². The fraction of sp³-hybridized carbons (Fsp3) is 0.571. The lowest BCUT2D eigenvalue weighted by molar-refractivity contribution is -0.131. The first-order chi connectivity index (χ1) is 14.5. The molecule has 1 aromatic carbocycles. The molecule has 4 fully saturated rings. The Labute approximate surface area is 172 Å². The van der Waals surface area contributed by atoms with Gasteiger partial charge < -0.3 is 20.4 Å². The Balaban J connectivity index is 1.38. The Morgan fingerprint density at radius 2 is 1.77 bits per heavy atom. The number of halogens is 2. The average molecular weight is 418 g/mol. The van der Waals surface area contributed by atoms with Crippen molar-refractivity contribution in [2.24, 2.45) is 0 Å². The number of aldehydes is 1. The van der Waals surface area contributed by atoms with E-state index in [0.29, 0.717) is 37.8 Å². The molecule has 7 nitrogen and oxygen atoms in total. The number of piperazine rings is 1. The molecule has 160 valence electrons. The molecule has 1 aromatic rings. The van der Waals surface area contributed by atoms with E-state index in [4.69, 9.17) is 0 Å². The molecule has 4 atom stereocenters. The molecule has 1 amide bonds. The molecule has 4 saturated heterocycles. The number of fused-ring (bicyclic) bond motifs is 4. The Hall–Kier alpha value is -2.39. The largest absolute Gasteiger partial charge is 0.363 e. The molecule has 0 spiro atoms. The molecule has 30 heavy (non-hydrogen) atoms. The molecule has 9 heteroatoms. The summed E-state index contributed by atoms with van der Waals surface area (Å²) in [5.41, 5.74) is 0.576. The number of ketones is 1. The van der Waals surface area contributed by atoms with Crippen LogP contribution in [0.1, 0.15) is 41.6 Å². The van der Waals surface area contributed by atoms with Crippen molar-refractivity contribution in [2.45, 2.75) is 56.4 Å². The van der Waals surface area contributed by atoms with Gasteiger partial charge in [0.15, 0.2) is 17.9 Å². The molecule has 0 aliphatic carbocycles. The van der Waals surface area contributed by atoms with Gasteiger partial charge in [0.05, 0.1) is 17.3 Å². The minimum Gasteiger partial charge on any atom is -0.363 e. The normalized spacial score (nSPS) is 30.5. The fourth-order valence-corrected chi connectivity index (χ4v) is 5.36. The summed E-state index contributed by atoms with van der Waals surface area (Å²) < 4.78 is 30.0. The summed E-state index contributed by atoms with van der Waals surface area (Å²) in [5, 5.41) is 6.40. The smallest absolute Gasteiger partial charge is 0.257 e. The van der Waals surface area contributed by atoms with Crippen molar-refractivity contribution < 1.29 is 23.2 Å². The van der Waals surface area contributed by atoms with Gasteiger partial charge in [-0.2, -0.15) is 0 Å². The molecule has 5 aliphatic heterocycles. The second-order valence-electron chi connectivity index (χ2n) is 8.69. The number of piperidine rings is 3. The number of nitrogens with zero attached hydrogens (tertiary/aromatic N) is 2. The topological polar surface area (TPSA) is 81.8 Å². The third-order valence-corrected chi connectivity index (χ3v) is 7.03. The molecule has 5 heterocycles. The number of rotatable bonds is 4. The molecule has 0 saturated carbocycles. The SMILES string of the molecule is O=CC(=O)C1CCC(N2Cc3cc(N4CC5CCC4CN5)c(F)c(F)c3C2=O)CN1.